The maximum atomic E-state index is 12.4. The number of H-pyrrole nitrogens is 1. The molecule has 4 rings (SSSR count). The van der Waals surface area contributed by atoms with Crippen LogP contribution in [0.4, 0.5) is 0 Å². The summed E-state index contributed by atoms with van der Waals surface area (Å²) in [5.41, 5.74) is 2.13. The third kappa shape index (κ3) is 4.20. The molecule has 0 saturated carbocycles. The molecule has 1 aromatic carbocycles. The van der Waals surface area contributed by atoms with Crippen molar-refractivity contribution in [2.75, 3.05) is 5.75 Å². The number of thioether (sulfide) groups is 1. The minimum absolute atomic E-state index is 0.0477. The SMILES string of the molecule is O=C(CSCc1nc2sc3c(c2c(=O)[nH]1)CCC3)NCc1ccc(Cl)cc1. The van der Waals surface area contributed by atoms with Gasteiger partial charge in [-0.1, -0.05) is 23.7 Å². The van der Waals surface area contributed by atoms with Crippen LogP contribution in [0.25, 0.3) is 10.2 Å². The van der Waals surface area contributed by atoms with Gasteiger partial charge in [-0.25, -0.2) is 4.98 Å². The van der Waals surface area contributed by atoms with Crippen molar-refractivity contribution in [2.45, 2.75) is 31.6 Å². The smallest absolute Gasteiger partial charge is 0.259 e. The summed E-state index contributed by atoms with van der Waals surface area (Å²) >= 11 is 8.92. The second-order valence-electron chi connectivity index (χ2n) is 6.45. The lowest BCUT2D eigenvalue weighted by Crippen LogP contribution is -2.24. The average molecular weight is 420 g/mol. The van der Waals surface area contributed by atoms with E-state index in [2.05, 4.69) is 15.3 Å². The van der Waals surface area contributed by atoms with Crippen molar-refractivity contribution in [3.8, 4) is 0 Å². The van der Waals surface area contributed by atoms with Crippen LogP contribution in [-0.4, -0.2) is 21.6 Å². The zero-order valence-electron chi connectivity index (χ0n) is 14.5. The molecule has 1 amide bonds. The zero-order chi connectivity index (χ0) is 18.8. The minimum Gasteiger partial charge on any atom is -0.351 e. The fraction of sp³-hybridized carbons (Fsp3) is 0.316. The second kappa shape index (κ2) is 8.04. The number of aromatic nitrogens is 2. The molecule has 2 aromatic heterocycles. The number of aryl methyl sites for hydroxylation is 2. The van der Waals surface area contributed by atoms with Gasteiger partial charge >= 0.3 is 0 Å². The number of fused-ring (bicyclic) bond motifs is 3. The first-order chi connectivity index (χ1) is 13.1. The number of carbonyl (C=O) groups excluding carboxylic acids is 1. The first-order valence-electron chi connectivity index (χ1n) is 8.72. The Morgan fingerprint density at radius 2 is 2.11 bits per heavy atom. The molecule has 140 valence electrons. The number of carbonyl (C=O) groups is 1. The topological polar surface area (TPSA) is 74.8 Å². The number of nitrogens with one attached hydrogen (secondary N) is 2. The first kappa shape index (κ1) is 18.5. The summed E-state index contributed by atoms with van der Waals surface area (Å²) in [6.45, 7) is 0.471. The van der Waals surface area contributed by atoms with Gasteiger partial charge in [-0.2, -0.15) is 0 Å². The third-order valence-electron chi connectivity index (χ3n) is 4.50. The van der Waals surface area contributed by atoms with E-state index in [0.29, 0.717) is 28.9 Å². The Labute approximate surface area is 169 Å². The molecule has 0 atom stereocenters. The van der Waals surface area contributed by atoms with E-state index < -0.39 is 0 Å². The molecular formula is C19H18ClN3O2S2. The second-order valence-corrected chi connectivity index (χ2v) is 8.95. The molecule has 5 nitrogen and oxygen atoms in total. The van der Waals surface area contributed by atoms with Gasteiger partial charge in [0.25, 0.3) is 5.56 Å². The van der Waals surface area contributed by atoms with E-state index in [1.54, 1.807) is 23.5 Å². The van der Waals surface area contributed by atoms with Crippen molar-refractivity contribution < 1.29 is 4.79 Å². The molecule has 8 heteroatoms. The highest BCUT2D eigenvalue weighted by atomic mass is 35.5. The molecular weight excluding hydrogens is 402 g/mol. The van der Waals surface area contributed by atoms with Crippen molar-refractivity contribution >= 4 is 50.8 Å². The lowest BCUT2D eigenvalue weighted by atomic mass is 10.2. The maximum absolute atomic E-state index is 12.4. The molecule has 2 N–H and O–H groups in total. The van der Waals surface area contributed by atoms with Gasteiger partial charge in [-0.15, -0.1) is 23.1 Å². The number of amides is 1. The molecule has 0 bridgehead atoms. The summed E-state index contributed by atoms with van der Waals surface area (Å²) < 4.78 is 0. The van der Waals surface area contributed by atoms with Gasteiger partial charge in [0, 0.05) is 16.4 Å². The van der Waals surface area contributed by atoms with Gasteiger partial charge in [0.15, 0.2) is 0 Å². The Morgan fingerprint density at radius 1 is 1.30 bits per heavy atom. The third-order valence-corrected chi connectivity index (χ3v) is 6.88. The Kier molecular flexibility index (Phi) is 5.52. The fourth-order valence-electron chi connectivity index (χ4n) is 3.21. The van der Waals surface area contributed by atoms with E-state index in [-0.39, 0.29) is 11.5 Å². The van der Waals surface area contributed by atoms with Crippen molar-refractivity contribution in [2.24, 2.45) is 0 Å². The molecule has 0 spiro atoms. The quantitative estimate of drug-likeness (QED) is 0.639. The van der Waals surface area contributed by atoms with Crippen molar-refractivity contribution in [3.63, 3.8) is 0 Å². The standard InChI is InChI=1S/C19H18ClN3O2S2/c20-12-6-4-11(5-7-12)8-21-16(24)10-26-9-15-22-18(25)17-13-2-1-3-14(13)27-19(17)23-15/h4-7H,1-3,8-10H2,(H,21,24)(H,22,23,25). The lowest BCUT2D eigenvalue weighted by Gasteiger charge is -2.06. The van der Waals surface area contributed by atoms with Crippen molar-refractivity contribution in [1.29, 1.82) is 0 Å². The first-order valence-corrected chi connectivity index (χ1v) is 11.1. The molecule has 1 aliphatic rings. The zero-order valence-corrected chi connectivity index (χ0v) is 16.9. The van der Waals surface area contributed by atoms with E-state index in [4.69, 9.17) is 11.6 Å². The molecule has 27 heavy (non-hydrogen) atoms. The largest absolute Gasteiger partial charge is 0.351 e. The Bertz CT molecular complexity index is 1040. The highest BCUT2D eigenvalue weighted by Gasteiger charge is 2.21. The van der Waals surface area contributed by atoms with Crippen molar-refractivity contribution in [1.82, 2.24) is 15.3 Å². The van der Waals surface area contributed by atoms with Crippen LogP contribution in [0.5, 0.6) is 0 Å². The molecule has 2 heterocycles. The summed E-state index contributed by atoms with van der Waals surface area (Å²) in [5, 5.41) is 4.32. The fourth-order valence-corrected chi connectivity index (χ4v) is 5.34. The number of halogens is 1. The van der Waals surface area contributed by atoms with Crippen LogP contribution < -0.4 is 10.9 Å². The average Bonchev–Trinajstić information content (AvgIpc) is 3.22. The van der Waals surface area contributed by atoms with E-state index in [9.17, 15) is 9.59 Å². The Morgan fingerprint density at radius 3 is 2.93 bits per heavy atom. The number of hydrogen-bond donors (Lipinski definition) is 2. The summed E-state index contributed by atoms with van der Waals surface area (Å²) in [5.74, 6) is 1.40. The van der Waals surface area contributed by atoms with E-state index in [1.807, 2.05) is 12.1 Å². The molecule has 0 radical (unpaired) electrons. The van der Waals surface area contributed by atoms with Crippen LogP contribution in [-0.2, 0) is 29.9 Å². The molecule has 0 saturated heterocycles. The number of aromatic amines is 1. The van der Waals surface area contributed by atoms with Gasteiger partial charge in [0.05, 0.1) is 16.9 Å². The maximum Gasteiger partial charge on any atom is 0.259 e. The number of nitrogens with zero attached hydrogens (tertiary/aromatic N) is 1. The van der Waals surface area contributed by atoms with Crippen LogP contribution >= 0.6 is 34.7 Å². The number of benzene rings is 1. The van der Waals surface area contributed by atoms with Crippen LogP contribution in [0.2, 0.25) is 5.02 Å². The van der Waals surface area contributed by atoms with Crippen LogP contribution in [0.1, 0.15) is 28.2 Å². The van der Waals surface area contributed by atoms with Crippen LogP contribution in [0.3, 0.4) is 0 Å². The Hall–Kier alpha value is -1.83. The van der Waals surface area contributed by atoms with E-state index >= 15 is 0 Å². The highest BCUT2D eigenvalue weighted by Crippen LogP contribution is 2.34. The van der Waals surface area contributed by atoms with Gasteiger partial charge in [0.2, 0.25) is 5.91 Å². The Balaban J connectivity index is 1.31. The number of rotatable bonds is 6. The van der Waals surface area contributed by atoms with Gasteiger partial charge in [-0.05, 0) is 42.5 Å². The molecule has 0 aliphatic heterocycles. The predicted octanol–water partition coefficient (Wildman–Crippen LogP) is 3.68. The van der Waals surface area contributed by atoms with Crippen molar-refractivity contribution in [3.05, 3.63) is 61.5 Å². The highest BCUT2D eigenvalue weighted by molar-refractivity contribution is 7.99. The molecule has 3 aromatic rings. The molecule has 0 unspecified atom stereocenters. The van der Waals surface area contributed by atoms with Crippen LogP contribution in [0.15, 0.2) is 29.1 Å². The summed E-state index contributed by atoms with van der Waals surface area (Å²) in [6, 6.07) is 7.38. The minimum atomic E-state index is -0.0535. The predicted molar refractivity (Wildman–Crippen MR) is 112 cm³/mol. The molecule has 1 aliphatic carbocycles. The summed E-state index contributed by atoms with van der Waals surface area (Å²) in [4.78, 5) is 34.0. The number of thiophene rings is 1. The summed E-state index contributed by atoms with van der Waals surface area (Å²) in [7, 11) is 0. The van der Waals surface area contributed by atoms with Gasteiger partial charge in [-0.3, -0.25) is 9.59 Å². The molecule has 0 fully saturated rings. The van der Waals surface area contributed by atoms with E-state index in [1.165, 1.54) is 22.2 Å². The monoisotopic (exact) mass is 419 g/mol. The summed E-state index contributed by atoms with van der Waals surface area (Å²) in [6.07, 6.45) is 3.15. The van der Waals surface area contributed by atoms with Gasteiger partial charge in [0.1, 0.15) is 10.7 Å². The van der Waals surface area contributed by atoms with E-state index in [0.717, 1.165) is 35.0 Å². The normalized spacial score (nSPS) is 13.1. The van der Waals surface area contributed by atoms with Gasteiger partial charge < -0.3 is 10.3 Å². The number of hydrogen-bond acceptors (Lipinski definition) is 5. The lowest BCUT2D eigenvalue weighted by molar-refractivity contribution is -0.118. The van der Waals surface area contributed by atoms with Crippen LogP contribution in [0, 0.1) is 0 Å².